The molecule has 1 aromatic carbocycles. The first kappa shape index (κ1) is 14.3. The largest absolute Gasteiger partial charge is 0.267 e. The molecule has 0 atom stereocenters. The molecule has 5 nitrogen and oxygen atoms in total. The van der Waals surface area contributed by atoms with Gasteiger partial charge in [-0.1, -0.05) is 35.3 Å². The maximum absolute atomic E-state index is 12.5. The van der Waals surface area contributed by atoms with Gasteiger partial charge in [-0.2, -0.15) is 0 Å². The van der Waals surface area contributed by atoms with E-state index >= 15 is 0 Å². The molecule has 0 saturated heterocycles. The molecule has 1 aliphatic rings. The maximum atomic E-state index is 12.5. The molecule has 0 fully saturated rings. The third-order valence-corrected chi connectivity index (χ3v) is 5.30. The molecule has 3 rings (SSSR count). The molecule has 0 radical (unpaired) electrons. The van der Waals surface area contributed by atoms with E-state index in [1.807, 2.05) is 0 Å². The number of nitrogens with zero attached hydrogens (tertiary/aromatic N) is 3. The number of benzene rings is 1. The Hall–Kier alpha value is -1.63. The molecule has 8 heteroatoms. The summed E-state index contributed by atoms with van der Waals surface area (Å²) in [5, 5.41) is 0.613. The minimum atomic E-state index is -3.64. The van der Waals surface area contributed by atoms with Crippen molar-refractivity contribution in [2.24, 2.45) is 4.99 Å². The van der Waals surface area contributed by atoms with E-state index < -0.39 is 10.0 Å². The van der Waals surface area contributed by atoms with Gasteiger partial charge in [-0.3, -0.25) is 4.31 Å². The Morgan fingerprint density at radius 2 is 1.95 bits per heavy atom. The standard InChI is InChI=1S/C13H9Cl2N3O2S/c14-10-5-13(15)16-6-9(10)7-18-8-17-11-3-1-2-4-12(11)21(18,19)20/h1-6,8H,7H2. The number of halogens is 2. The molecule has 0 spiro atoms. The molecule has 2 heterocycles. The Morgan fingerprint density at radius 1 is 1.19 bits per heavy atom. The third kappa shape index (κ3) is 2.62. The lowest BCUT2D eigenvalue weighted by Crippen LogP contribution is -2.31. The van der Waals surface area contributed by atoms with Gasteiger partial charge in [0.1, 0.15) is 16.4 Å². The highest BCUT2D eigenvalue weighted by molar-refractivity contribution is 7.89. The second kappa shape index (κ2) is 5.29. The summed E-state index contributed by atoms with van der Waals surface area (Å²) in [7, 11) is -3.64. The van der Waals surface area contributed by atoms with Gasteiger partial charge in [-0.15, -0.1) is 0 Å². The molecule has 1 aliphatic heterocycles. The second-order valence-electron chi connectivity index (χ2n) is 4.36. The van der Waals surface area contributed by atoms with Crippen molar-refractivity contribution in [3.8, 4) is 0 Å². The lowest BCUT2D eigenvalue weighted by Gasteiger charge is -2.24. The van der Waals surface area contributed by atoms with Gasteiger partial charge in [-0.25, -0.2) is 18.4 Å². The molecule has 2 aromatic rings. The van der Waals surface area contributed by atoms with Gasteiger partial charge in [0.2, 0.25) is 0 Å². The van der Waals surface area contributed by atoms with Crippen LogP contribution in [-0.4, -0.2) is 24.0 Å². The van der Waals surface area contributed by atoms with Gasteiger partial charge in [0.15, 0.2) is 0 Å². The van der Waals surface area contributed by atoms with E-state index in [4.69, 9.17) is 23.2 Å². The summed E-state index contributed by atoms with van der Waals surface area (Å²) in [4.78, 5) is 8.23. The van der Waals surface area contributed by atoms with E-state index in [9.17, 15) is 8.42 Å². The van der Waals surface area contributed by atoms with Crippen LogP contribution in [-0.2, 0) is 16.6 Å². The summed E-state index contributed by atoms with van der Waals surface area (Å²) in [6.45, 7) is 0.0448. The molecule has 0 N–H and O–H groups in total. The maximum Gasteiger partial charge on any atom is 0.267 e. The Balaban J connectivity index is 1.98. The Morgan fingerprint density at radius 3 is 2.71 bits per heavy atom. The van der Waals surface area contributed by atoms with Crippen molar-refractivity contribution in [2.45, 2.75) is 11.4 Å². The number of para-hydroxylation sites is 1. The first-order chi connectivity index (χ1) is 9.98. The van der Waals surface area contributed by atoms with E-state index in [-0.39, 0.29) is 16.6 Å². The van der Waals surface area contributed by atoms with Crippen LogP contribution in [0.5, 0.6) is 0 Å². The number of hydrogen-bond acceptors (Lipinski definition) is 4. The minimum absolute atomic E-state index is 0.0448. The normalized spacial score (nSPS) is 15.8. The summed E-state index contributed by atoms with van der Waals surface area (Å²) < 4.78 is 26.2. The lowest BCUT2D eigenvalue weighted by molar-refractivity contribution is 0.521. The van der Waals surface area contributed by atoms with Gasteiger partial charge >= 0.3 is 0 Å². The van der Waals surface area contributed by atoms with Crippen molar-refractivity contribution < 1.29 is 8.42 Å². The zero-order chi connectivity index (χ0) is 15.0. The van der Waals surface area contributed by atoms with E-state index in [1.165, 1.54) is 24.7 Å². The van der Waals surface area contributed by atoms with Crippen LogP contribution in [0.2, 0.25) is 10.2 Å². The number of aliphatic imine (C=N–C) groups is 1. The zero-order valence-corrected chi connectivity index (χ0v) is 12.9. The SMILES string of the molecule is O=S1(=O)c2ccccc2N=CN1Cc1cnc(Cl)cc1Cl. The van der Waals surface area contributed by atoms with Crippen LogP contribution in [0.25, 0.3) is 0 Å². The Bertz CT molecular complexity index is 837. The molecule has 0 saturated carbocycles. The van der Waals surface area contributed by atoms with Crippen LogP contribution in [0.15, 0.2) is 46.4 Å². The molecule has 0 amide bonds. The van der Waals surface area contributed by atoms with E-state index in [0.717, 1.165) is 4.31 Å². The quantitative estimate of drug-likeness (QED) is 0.787. The first-order valence-corrected chi connectivity index (χ1v) is 8.13. The van der Waals surface area contributed by atoms with Gasteiger partial charge in [0.05, 0.1) is 17.3 Å². The summed E-state index contributed by atoms with van der Waals surface area (Å²) in [6, 6.07) is 8.04. The Kier molecular flexibility index (Phi) is 3.61. The number of sulfonamides is 1. The van der Waals surface area contributed by atoms with Crippen LogP contribution >= 0.6 is 23.2 Å². The second-order valence-corrected chi connectivity index (χ2v) is 7.01. The lowest BCUT2D eigenvalue weighted by atomic mass is 10.3. The molecule has 0 aliphatic carbocycles. The predicted molar refractivity (Wildman–Crippen MR) is 81.6 cm³/mol. The van der Waals surface area contributed by atoms with Gasteiger partial charge in [-0.05, 0) is 18.2 Å². The number of fused-ring (bicyclic) bond motifs is 1. The van der Waals surface area contributed by atoms with Gasteiger partial charge in [0.25, 0.3) is 10.0 Å². The zero-order valence-electron chi connectivity index (χ0n) is 10.6. The van der Waals surface area contributed by atoms with E-state index in [0.29, 0.717) is 16.3 Å². The highest BCUT2D eigenvalue weighted by atomic mass is 35.5. The Labute approximate surface area is 131 Å². The van der Waals surface area contributed by atoms with Crippen molar-refractivity contribution in [1.82, 2.24) is 9.29 Å². The van der Waals surface area contributed by atoms with Crippen LogP contribution < -0.4 is 0 Å². The minimum Gasteiger partial charge on any atom is -0.252 e. The number of pyridine rings is 1. The smallest absolute Gasteiger partial charge is 0.252 e. The van der Waals surface area contributed by atoms with Crippen molar-refractivity contribution in [1.29, 1.82) is 0 Å². The number of aromatic nitrogens is 1. The predicted octanol–water partition coefficient (Wildman–Crippen LogP) is 3.25. The molecule has 0 bridgehead atoms. The molecular weight excluding hydrogens is 333 g/mol. The summed E-state index contributed by atoms with van der Waals surface area (Å²) in [5.74, 6) is 0. The average Bonchev–Trinajstić information content (AvgIpc) is 2.44. The fourth-order valence-electron chi connectivity index (χ4n) is 1.94. The van der Waals surface area contributed by atoms with Crippen molar-refractivity contribution in [3.05, 3.63) is 52.3 Å². The fraction of sp³-hybridized carbons (Fsp3) is 0.0769. The molecule has 108 valence electrons. The third-order valence-electron chi connectivity index (χ3n) is 3.00. The van der Waals surface area contributed by atoms with Crippen molar-refractivity contribution in [2.75, 3.05) is 0 Å². The highest BCUT2D eigenvalue weighted by Gasteiger charge is 2.28. The topological polar surface area (TPSA) is 62.6 Å². The van der Waals surface area contributed by atoms with Crippen LogP contribution in [0.4, 0.5) is 5.69 Å². The number of hydrogen-bond donors (Lipinski definition) is 0. The molecule has 0 unspecified atom stereocenters. The highest BCUT2D eigenvalue weighted by Crippen LogP contribution is 2.31. The van der Waals surface area contributed by atoms with Crippen LogP contribution in [0.1, 0.15) is 5.56 Å². The summed E-state index contributed by atoms with van der Waals surface area (Å²) >= 11 is 11.8. The van der Waals surface area contributed by atoms with Gasteiger partial charge in [0, 0.05) is 11.8 Å². The monoisotopic (exact) mass is 341 g/mol. The van der Waals surface area contributed by atoms with Crippen molar-refractivity contribution >= 4 is 45.3 Å². The van der Waals surface area contributed by atoms with E-state index in [1.54, 1.807) is 18.2 Å². The number of rotatable bonds is 2. The fourth-order valence-corrected chi connectivity index (χ4v) is 3.74. The van der Waals surface area contributed by atoms with Crippen molar-refractivity contribution in [3.63, 3.8) is 0 Å². The molecule has 1 aromatic heterocycles. The van der Waals surface area contributed by atoms with Crippen LogP contribution in [0.3, 0.4) is 0 Å². The summed E-state index contributed by atoms with van der Waals surface area (Å²) in [6.07, 6.45) is 2.73. The first-order valence-electron chi connectivity index (χ1n) is 5.93. The summed E-state index contributed by atoms with van der Waals surface area (Å²) in [5.41, 5.74) is 0.976. The molecule has 21 heavy (non-hydrogen) atoms. The van der Waals surface area contributed by atoms with E-state index in [2.05, 4.69) is 9.98 Å². The average molecular weight is 342 g/mol. The van der Waals surface area contributed by atoms with Gasteiger partial charge < -0.3 is 0 Å². The van der Waals surface area contributed by atoms with Crippen LogP contribution in [0, 0.1) is 0 Å². The molecular formula is C13H9Cl2N3O2S.